The predicted octanol–water partition coefficient (Wildman–Crippen LogP) is 3.12. The minimum atomic E-state index is -5.58. The molecule has 29 heteroatoms. The Morgan fingerprint density at radius 1 is 0.894 bits per heavy atom. The number of fused-ring (bicyclic) bond motifs is 1. The first-order chi connectivity index (χ1) is 30.9. The molecule has 8 atom stereocenters. The van der Waals surface area contributed by atoms with Gasteiger partial charge in [0.15, 0.2) is 22.8 Å². The molecule has 2 aromatic rings. The number of anilines is 1. The number of amides is 2. The summed E-state index contributed by atoms with van der Waals surface area (Å²) in [5.74, 6) is -1.12. The molecule has 0 spiro atoms. The average Bonchev–Trinajstić information content (AvgIpc) is 3.80. The van der Waals surface area contributed by atoms with E-state index in [0.29, 0.717) is 25.0 Å². The quantitative estimate of drug-likeness (QED) is 0.0362. The number of imidazole rings is 1. The highest BCUT2D eigenvalue weighted by Gasteiger charge is 2.50. The van der Waals surface area contributed by atoms with Gasteiger partial charge >= 0.3 is 23.5 Å². The lowest BCUT2D eigenvalue weighted by atomic mass is 9.87. The van der Waals surface area contributed by atoms with E-state index in [1.807, 2.05) is 0 Å². The van der Waals surface area contributed by atoms with Gasteiger partial charge in [-0.15, -0.1) is 0 Å². The Morgan fingerprint density at radius 3 is 2.20 bits per heavy atom. The smallest absolute Gasteiger partial charge is 0.393 e. The average molecular weight is 1020 g/mol. The number of ether oxygens (including phenoxy) is 1. The number of aliphatic hydroxyl groups is 3. The van der Waals surface area contributed by atoms with Crippen LogP contribution in [0.25, 0.3) is 11.2 Å². The number of aromatic nitrogens is 4. The Balaban J connectivity index is 1.33. The van der Waals surface area contributed by atoms with Gasteiger partial charge < -0.3 is 56.0 Å². The second kappa shape index (κ2) is 27.6. The Hall–Kier alpha value is -2.48. The third-order valence-electron chi connectivity index (χ3n) is 10.3. The standard InChI is InChI=1S/C37H66N7O18P3S/c1-4-5-6-7-8-9-10-11-14-25(45)15-12-13-16-28(47)66-20-19-39-27(46)17-18-40-35(50)32(49)37(2,3)22-59-65(56,57)62-64(54,55)58-21-26-31(61-63(51,52)53)30(48)36(60-26)44-24-43-29-33(38)41-23-42-34(29)44/h23-26,30-32,36,45,48-49H,4-22H2,1-3H3,(H,39,46)(H,40,50)(H,54,55)(H,56,57)(H2,38,41,42)(H2,51,52,53). The van der Waals surface area contributed by atoms with Gasteiger partial charge in [-0.25, -0.2) is 28.6 Å². The van der Waals surface area contributed by atoms with E-state index < -0.39 is 84.6 Å². The number of nitrogens with zero attached hydrogens (tertiary/aromatic N) is 4. The maximum absolute atomic E-state index is 12.7. The van der Waals surface area contributed by atoms with Crippen LogP contribution in [-0.4, -0.2) is 134 Å². The van der Waals surface area contributed by atoms with Crippen LogP contribution in [0.2, 0.25) is 0 Å². The number of hydrogen-bond acceptors (Lipinski definition) is 19. The SMILES string of the molecule is CCCCCCCCCCC(O)CCCCC(=O)SCCNC(=O)CCNC(=O)C(O)C(C)(C)COP(=O)(O)OP(=O)(O)OCC1OC(n2cnc3c(N)ncnc32)C(O)C1OP(=O)(O)O. The minimum Gasteiger partial charge on any atom is -0.393 e. The number of rotatable bonds is 33. The van der Waals surface area contributed by atoms with Gasteiger partial charge in [0.2, 0.25) is 11.8 Å². The van der Waals surface area contributed by atoms with Gasteiger partial charge in [-0.05, 0) is 19.3 Å². The molecule has 0 aliphatic carbocycles. The van der Waals surface area contributed by atoms with Crippen LogP contribution in [0.1, 0.15) is 117 Å². The second-order valence-corrected chi connectivity index (χ2v) is 21.8. The van der Waals surface area contributed by atoms with Gasteiger partial charge in [0.1, 0.15) is 36.3 Å². The lowest BCUT2D eigenvalue weighted by Crippen LogP contribution is -2.46. The number of unbranched alkanes of at least 4 members (excludes halogenated alkanes) is 8. The summed E-state index contributed by atoms with van der Waals surface area (Å²) in [7, 11) is -16.4. The van der Waals surface area contributed by atoms with Crippen LogP contribution in [0.4, 0.5) is 5.82 Å². The molecule has 2 amide bonds. The molecular formula is C37H66N7O18P3S. The van der Waals surface area contributed by atoms with Crippen LogP contribution in [-0.2, 0) is 50.7 Å². The highest BCUT2D eigenvalue weighted by atomic mass is 32.2. The number of hydrogen-bond donors (Lipinski definition) is 10. The highest BCUT2D eigenvalue weighted by molar-refractivity contribution is 8.13. The molecule has 25 nitrogen and oxygen atoms in total. The van der Waals surface area contributed by atoms with Crippen molar-refractivity contribution in [1.82, 2.24) is 30.2 Å². The molecule has 0 aromatic carbocycles. The minimum absolute atomic E-state index is 0.0151. The number of nitrogen functional groups attached to an aromatic ring is 1. The van der Waals surface area contributed by atoms with Crippen molar-refractivity contribution in [2.24, 2.45) is 5.41 Å². The number of thioether (sulfide) groups is 1. The Bertz CT molecular complexity index is 2000. The Morgan fingerprint density at radius 2 is 1.53 bits per heavy atom. The Kier molecular flexibility index (Phi) is 24.2. The molecule has 8 unspecified atom stereocenters. The summed E-state index contributed by atoms with van der Waals surface area (Å²) in [5.41, 5.74) is 4.26. The van der Waals surface area contributed by atoms with Crippen LogP contribution in [0, 0.1) is 5.41 Å². The molecule has 0 radical (unpaired) electrons. The topological polar surface area (TPSA) is 384 Å². The predicted molar refractivity (Wildman–Crippen MR) is 239 cm³/mol. The molecule has 0 bridgehead atoms. The first kappa shape index (κ1) is 57.8. The van der Waals surface area contributed by atoms with Gasteiger partial charge in [-0.1, -0.05) is 90.3 Å². The van der Waals surface area contributed by atoms with Crippen molar-refractivity contribution in [2.45, 2.75) is 147 Å². The van der Waals surface area contributed by atoms with E-state index in [1.54, 1.807) is 0 Å². The maximum Gasteiger partial charge on any atom is 0.481 e. The third kappa shape index (κ3) is 20.6. The van der Waals surface area contributed by atoms with Crippen LogP contribution < -0.4 is 16.4 Å². The van der Waals surface area contributed by atoms with Gasteiger partial charge in [-0.3, -0.25) is 32.5 Å². The molecule has 1 saturated heterocycles. The second-order valence-electron chi connectivity index (χ2n) is 16.5. The molecule has 1 fully saturated rings. The monoisotopic (exact) mass is 1020 g/mol. The third-order valence-corrected chi connectivity index (χ3v) is 14.4. The molecular weight excluding hydrogens is 955 g/mol. The van der Waals surface area contributed by atoms with E-state index in [0.717, 1.165) is 54.7 Å². The van der Waals surface area contributed by atoms with E-state index in [9.17, 15) is 63.0 Å². The molecule has 11 N–H and O–H groups in total. The van der Waals surface area contributed by atoms with Crippen molar-refractivity contribution in [3.8, 4) is 0 Å². The number of aliphatic hydroxyl groups excluding tert-OH is 3. The zero-order valence-electron chi connectivity index (χ0n) is 37.3. The molecule has 1 aliphatic rings. The number of phosphoric ester groups is 3. The van der Waals surface area contributed by atoms with Gasteiger partial charge in [0, 0.05) is 37.1 Å². The van der Waals surface area contributed by atoms with Crippen LogP contribution in [0.15, 0.2) is 12.7 Å². The highest BCUT2D eigenvalue weighted by Crippen LogP contribution is 2.61. The van der Waals surface area contributed by atoms with Crippen LogP contribution in [0.3, 0.4) is 0 Å². The molecule has 2 aromatic heterocycles. The van der Waals surface area contributed by atoms with Gasteiger partial charge in [0.25, 0.3) is 0 Å². The normalized spacial score (nSPS) is 20.7. The van der Waals surface area contributed by atoms with E-state index in [4.69, 9.17) is 19.5 Å². The van der Waals surface area contributed by atoms with Crippen molar-refractivity contribution >= 4 is 69.1 Å². The summed E-state index contributed by atoms with van der Waals surface area (Å²) in [4.78, 5) is 88.3. The van der Waals surface area contributed by atoms with E-state index in [1.165, 1.54) is 52.4 Å². The first-order valence-electron chi connectivity index (χ1n) is 21.7. The Labute approximate surface area is 387 Å². The van der Waals surface area contributed by atoms with E-state index in [-0.39, 0.29) is 47.7 Å². The zero-order chi connectivity index (χ0) is 49.1. The van der Waals surface area contributed by atoms with Crippen molar-refractivity contribution < 1.29 is 85.6 Å². The van der Waals surface area contributed by atoms with Crippen LogP contribution >= 0.6 is 35.2 Å². The molecule has 3 heterocycles. The zero-order valence-corrected chi connectivity index (χ0v) is 40.8. The number of carbonyl (C=O) groups is 3. The lowest BCUT2D eigenvalue weighted by molar-refractivity contribution is -0.137. The van der Waals surface area contributed by atoms with Crippen molar-refractivity contribution in [1.29, 1.82) is 0 Å². The molecule has 66 heavy (non-hydrogen) atoms. The van der Waals surface area contributed by atoms with Crippen molar-refractivity contribution in [2.75, 3.05) is 37.8 Å². The largest absolute Gasteiger partial charge is 0.481 e. The summed E-state index contributed by atoms with van der Waals surface area (Å²) < 4.78 is 62.4. The number of nitrogens with one attached hydrogen (secondary N) is 2. The molecule has 378 valence electrons. The van der Waals surface area contributed by atoms with Crippen LogP contribution in [0.5, 0.6) is 0 Å². The summed E-state index contributed by atoms with van der Waals surface area (Å²) in [5, 5.41) is 36.7. The summed E-state index contributed by atoms with van der Waals surface area (Å²) >= 11 is 1.09. The lowest BCUT2D eigenvalue weighted by Gasteiger charge is -2.30. The van der Waals surface area contributed by atoms with E-state index in [2.05, 4.69) is 41.3 Å². The molecule has 3 rings (SSSR count). The number of phosphoric acid groups is 3. The van der Waals surface area contributed by atoms with E-state index >= 15 is 0 Å². The molecule has 0 saturated carbocycles. The fraction of sp³-hybridized carbons (Fsp3) is 0.784. The fourth-order valence-electron chi connectivity index (χ4n) is 6.67. The summed E-state index contributed by atoms with van der Waals surface area (Å²) in [6.45, 7) is 2.68. The van der Waals surface area contributed by atoms with Crippen molar-refractivity contribution in [3.05, 3.63) is 12.7 Å². The summed E-state index contributed by atoms with van der Waals surface area (Å²) in [6.07, 6.45) is 5.61. The fourth-order valence-corrected chi connectivity index (χ4v) is 10.2. The number of nitrogens with two attached hydrogens (primary N) is 1. The first-order valence-corrected chi connectivity index (χ1v) is 27.2. The number of carbonyl (C=O) groups excluding carboxylic acids is 3. The van der Waals surface area contributed by atoms with Crippen molar-refractivity contribution in [3.63, 3.8) is 0 Å². The van der Waals surface area contributed by atoms with Gasteiger partial charge in [0.05, 0.1) is 25.6 Å². The maximum atomic E-state index is 12.7. The van der Waals surface area contributed by atoms with Gasteiger partial charge in [-0.2, -0.15) is 4.31 Å². The molecule has 1 aliphatic heterocycles. The summed E-state index contributed by atoms with van der Waals surface area (Å²) in [6, 6.07) is 0.